The van der Waals surface area contributed by atoms with Gasteiger partial charge in [-0.2, -0.15) is 0 Å². The average molecular weight is 287 g/mol. The third-order valence-electron chi connectivity index (χ3n) is 3.31. The van der Waals surface area contributed by atoms with Gasteiger partial charge in [0.05, 0.1) is 11.7 Å². The van der Waals surface area contributed by atoms with Crippen LogP contribution in [0.5, 0.6) is 0 Å². The van der Waals surface area contributed by atoms with Crippen LogP contribution in [0.2, 0.25) is 0 Å². The van der Waals surface area contributed by atoms with E-state index in [0.717, 1.165) is 5.82 Å². The third kappa shape index (κ3) is 3.28. The predicted octanol–water partition coefficient (Wildman–Crippen LogP) is 1.89. The number of aryl methyl sites for hydroxylation is 1. The maximum Gasteiger partial charge on any atom is 0.241 e. The molecule has 112 valence electrons. The Kier molecular flexibility index (Phi) is 4.09. The van der Waals surface area contributed by atoms with Gasteiger partial charge in [0.2, 0.25) is 5.91 Å². The van der Waals surface area contributed by atoms with Crippen molar-refractivity contribution in [3.05, 3.63) is 36.5 Å². The number of anilines is 1. The number of rotatable bonds is 3. The van der Waals surface area contributed by atoms with E-state index >= 15 is 0 Å². The molecule has 2 heterocycles. The zero-order valence-electron chi connectivity index (χ0n) is 12.8. The molecule has 2 aromatic rings. The van der Waals surface area contributed by atoms with Crippen LogP contribution in [-0.4, -0.2) is 26.5 Å². The molecule has 6 heteroatoms. The summed E-state index contributed by atoms with van der Waals surface area (Å²) in [6.45, 7) is 7.67. The molecule has 0 aliphatic rings. The summed E-state index contributed by atoms with van der Waals surface area (Å²) >= 11 is 0. The van der Waals surface area contributed by atoms with Gasteiger partial charge in [0.1, 0.15) is 5.82 Å². The zero-order chi connectivity index (χ0) is 15.6. The van der Waals surface area contributed by atoms with Gasteiger partial charge in [0.15, 0.2) is 5.82 Å². The second-order valence-corrected chi connectivity index (χ2v) is 6.05. The minimum absolute atomic E-state index is 0.227. The van der Waals surface area contributed by atoms with Crippen LogP contribution >= 0.6 is 0 Å². The van der Waals surface area contributed by atoms with E-state index in [1.54, 1.807) is 30.7 Å². The van der Waals surface area contributed by atoms with Gasteiger partial charge in [0, 0.05) is 18.6 Å². The average Bonchev–Trinajstić information content (AvgIpc) is 2.83. The molecule has 0 aromatic carbocycles. The molecule has 0 aliphatic carbocycles. The first-order valence-electron chi connectivity index (χ1n) is 6.82. The Balaban J connectivity index is 2.30. The molecule has 2 aromatic heterocycles. The number of aromatic nitrogens is 3. The van der Waals surface area contributed by atoms with Gasteiger partial charge >= 0.3 is 0 Å². The lowest BCUT2D eigenvalue weighted by molar-refractivity contribution is -0.119. The molecule has 1 unspecified atom stereocenters. The molecule has 21 heavy (non-hydrogen) atoms. The van der Waals surface area contributed by atoms with E-state index < -0.39 is 6.04 Å². The lowest BCUT2D eigenvalue weighted by Crippen LogP contribution is -2.45. The second kappa shape index (κ2) is 5.65. The Morgan fingerprint density at radius 1 is 1.33 bits per heavy atom. The summed E-state index contributed by atoms with van der Waals surface area (Å²) in [6, 6.07) is 2.97. The van der Waals surface area contributed by atoms with Crippen LogP contribution in [0.1, 0.15) is 26.6 Å². The molecule has 0 aliphatic heterocycles. The lowest BCUT2D eigenvalue weighted by atomic mass is 9.87. The van der Waals surface area contributed by atoms with Crippen LogP contribution in [0.15, 0.2) is 30.7 Å². The highest BCUT2D eigenvalue weighted by atomic mass is 16.2. The van der Waals surface area contributed by atoms with Gasteiger partial charge in [-0.1, -0.05) is 20.8 Å². The quantitative estimate of drug-likeness (QED) is 0.902. The third-order valence-corrected chi connectivity index (χ3v) is 3.31. The summed E-state index contributed by atoms with van der Waals surface area (Å²) in [5.41, 5.74) is 6.30. The number of nitrogens with zero attached hydrogens (tertiary/aromatic N) is 3. The molecule has 6 nitrogen and oxygen atoms in total. The van der Waals surface area contributed by atoms with Crippen molar-refractivity contribution in [1.29, 1.82) is 0 Å². The first-order valence-corrected chi connectivity index (χ1v) is 6.82. The number of carbonyl (C=O) groups excluding carboxylic acids is 1. The molecule has 1 amide bonds. The minimum Gasteiger partial charge on any atom is -0.322 e. The maximum absolute atomic E-state index is 12.3. The maximum atomic E-state index is 12.3. The van der Waals surface area contributed by atoms with Crippen molar-refractivity contribution in [2.75, 3.05) is 5.32 Å². The van der Waals surface area contributed by atoms with E-state index in [2.05, 4.69) is 15.3 Å². The van der Waals surface area contributed by atoms with E-state index in [9.17, 15) is 4.79 Å². The van der Waals surface area contributed by atoms with E-state index in [1.807, 2.05) is 32.3 Å². The van der Waals surface area contributed by atoms with Crippen molar-refractivity contribution in [3.63, 3.8) is 0 Å². The minimum atomic E-state index is -0.602. The van der Waals surface area contributed by atoms with Crippen molar-refractivity contribution < 1.29 is 4.79 Å². The zero-order valence-corrected chi connectivity index (χ0v) is 12.8. The van der Waals surface area contributed by atoms with Crippen molar-refractivity contribution in [1.82, 2.24) is 14.5 Å². The van der Waals surface area contributed by atoms with Crippen LogP contribution in [0.4, 0.5) is 5.69 Å². The fourth-order valence-electron chi connectivity index (χ4n) is 1.89. The molecule has 3 N–H and O–H groups in total. The van der Waals surface area contributed by atoms with Crippen LogP contribution in [-0.2, 0) is 4.79 Å². The predicted molar refractivity (Wildman–Crippen MR) is 82.2 cm³/mol. The highest BCUT2D eigenvalue weighted by Crippen LogP contribution is 2.22. The molecular weight excluding hydrogens is 266 g/mol. The Bertz CT molecular complexity index is 642. The molecule has 1 atom stereocenters. The number of carbonyl (C=O) groups is 1. The van der Waals surface area contributed by atoms with E-state index in [4.69, 9.17) is 5.73 Å². The van der Waals surface area contributed by atoms with Crippen molar-refractivity contribution in [3.8, 4) is 5.82 Å². The highest BCUT2D eigenvalue weighted by Gasteiger charge is 2.28. The monoisotopic (exact) mass is 287 g/mol. The van der Waals surface area contributed by atoms with Crippen molar-refractivity contribution in [2.24, 2.45) is 11.1 Å². The van der Waals surface area contributed by atoms with Gasteiger partial charge in [-0.05, 0) is 24.5 Å². The second-order valence-electron chi connectivity index (χ2n) is 6.05. The topological polar surface area (TPSA) is 85.8 Å². The van der Waals surface area contributed by atoms with Crippen molar-refractivity contribution in [2.45, 2.75) is 33.7 Å². The Labute approximate surface area is 124 Å². The Hall–Kier alpha value is -2.21. The summed E-state index contributed by atoms with van der Waals surface area (Å²) in [4.78, 5) is 20.8. The van der Waals surface area contributed by atoms with Gasteiger partial charge < -0.3 is 11.1 Å². The van der Waals surface area contributed by atoms with Crippen LogP contribution in [0.3, 0.4) is 0 Å². The SMILES string of the molecule is Cc1nccn1-c1ncccc1NC(=O)C(N)C(C)(C)C. The summed E-state index contributed by atoms with van der Waals surface area (Å²) < 4.78 is 1.82. The largest absolute Gasteiger partial charge is 0.322 e. The molecule has 0 saturated heterocycles. The van der Waals surface area contributed by atoms with Gasteiger partial charge in [-0.15, -0.1) is 0 Å². The summed E-state index contributed by atoms with van der Waals surface area (Å²) in [6.07, 6.45) is 5.17. The Morgan fingerprint density at radius 3 is 2.62 bits per heavy atom. The van der Waals surface area contributed by atoms with Crippen LogP contribution in [0, 0.1) is 12.3 Å². The number of hydrogen-bond acceptors (Lipinski definition) is 4. The first kappa shape index (κ1) is 15.2. The summed E-state index contributed by atoms with van der Waals surface area (Å²) in [5.74, 6) is 1.20. The standard InChI is InChI=1S/C15H21N5O/c1-10-17-8-9-20(10)13-11(6-5-7-18-13)19-14(21)12(16)15(2,3)4/h5-9,12H,16H2,1-4H3,(H,19,21). The van der Waals surface area contributed by atoms with Gasteiger partial charge in [-0.3, -0.25) is 9.36 Å². The fraction of sp³-hybridized carbons (Fsp3) is 0.400. The number of amides is 1. The summed E-state index contributed by atoms with van der Waals surface area (Å²) in [5, 5.41) is 2.86. The number of imidazole rings is 1. The van der Waals surface area contributed by atoms with Gasteiger partial charge in [-0.25, -0.2) is 9.97 Å². The van der Waals surface area contributed by atoms with E-state index in [-0.39, 0.29) is 11.3 Å². The first-order chi connectivity index (χ1) is 9.80. The summed E-state index contributed by atoms with van der Waals surface area (Å²) in [7, 11) is 0. The Morgan fingerprint density at radius 2 is 2.05 bits per heavy atom. The molecular formula is C15H21N5O. The van der Waals surface area contributed by atoms with Crippen molar-refractivity contribution >= 4 is 11.6 Å². The van der Waals surface area contributed by atoms with Crippen LogP contribution in [0.25, 0.3) is 5.82 Å². The highest BCUT2D eigenvalue weighted by molar-refractivity contribution is 5.96. The van der Waals surface area contributed by atoms with Gasteiger partial charge in [0.25, 0.3) is 0 Å². The molecule has 0 bridgehead atoms. The van der Waals surface area contributed by atoms with Crippen LogP contribution < -0.4 is 11.1 Å². The number of pyridine rings is 1. The molecule has 2 rings (SSSR count). The van der Waals surface area contributed by atoms with E-state index in [1.165, 1.54) is 0 Å². The number of hydrogen-bond donors (Lipinski definition) is 2. The fourth-order valence-corrected chi connectivity index (χ4v) is 1.89. The smallest absolute Gasteiger partial charge is 0.241 e. The molecule has 0 radical (unpaired) electrons. The normalized spacial score (nSPS) is 13.0. The molecule has 0 spiro atoms. The number of nitrogens with one attached hydrogen (secondary N) is 1. The molecule has 0 saturated carbocycles. The van der Waals surface area contributed by atoms with E-state index in [0.29, 0.717) is 11.5 Å². The molecule has 0 fully saturated rings. The lowest BCUT2D eigenvalue weighted by Gasteiger charge is -2.26. The number of nitrogens with two attached hydrogens (primary N) is 1.